The molecule has 2 aromatic carbocycles. The Hall–Kier alpha value is -2.87. The van der Waals surface area contributed by atoms with E-state index >= 15 is 0 Å². The van der Waals surface area contributed by atoms with Crippen LogP contribution in [0.4, 0.5) is 8.78 Å². The molecule has 0 unspecified atom stereocenters. The third-order valence-corrected chi connectivity index (χ3v) is 4.76. The van der Waals surface area contributed by atoms with Crippen molar-refractivity contribution in [2.24, 2.45) is 7.05 Å². The van der Waals surface area contributed by atoms with E-state index in [1.54, 1.807) is 35.9 Å². The van der Waals surface area contributed by atoms with Crippen molar-refractivity contribution in [1.29, 1.82) is 0 Å². The molecule has 5 nitrogen and oxygen atoms in total. The molecular formula is C17H11F2N5S. The van der Waals surface area contributed by atoms with Crippen molar-refractivity contribution in [2.45, 2.75) is 10.2 Å². The SMILES string of the molecule is Cn1c(Sc2ncnc3ccc(F)cc23)nnc1-c1ccccc1F. The first kappa shape index (κ1) is 15.6. The van der Waals surface area contributed by atoms with Gasteiger partial charge < -0.3 is 4.57 Å². The molecular weight excluding hydrogens is 344 g/mol. The van der Waals surface area contributed by atoms with Crippen molar-refractivity contribution in [3.05, 3.63) is 60.4 Å². The molecule has 2 aromatic heterocycles. The lowest BCUT2D eigenvalue weighted by Crippen LogP contribution is -1.97. The maximum absolute atomic E-state index is 14.0. The topological polar surface area (TPSA) is 56.5 Å². The van der Waals surface area contributed by atoms with Crippen LogP contribution in [0.1, 0.15) is 0 Å². The lowest BCUT2D eigenvalue weighted by molar-refractivity contribution is 0.628. The molecule has 0 spiro atoms. The van der Waals surface area contributed by atoms with Crippen molar-refractivity contribution >= 4 is 22.7 Å². The molecule has 25 heavy (non-hydrogen) atoms. The van der Waals surface area contributed by atoms with Crippen molar-refractivity contribution in [3.63, 3.8) is 0 Å². The van der Waals surface area contributed by atoms with Crippen LogP contribution < -0.4 is 0 Å². The Kier molecular flexibility index (Phi) is 3.89. The predicted octanol–water partition coefficient (Wildman–Crippen LogP) is 3.85. The Morgan fingerprint density at radius 1 is 1.00 bits per heavy atom. The van der Waals surface area contributed by atoms with Crippen LogP contribution >= 0.6 is 11.8 Å². The molecule has 0 amide bonds. The summed E-state index contributed by atoms with van der Waals surface area (Å²) >= 11 is 1.22. The van der Waals surface area contributed by atoms with Crippen molar-refractivity contribution in [1.82, 2.24) is 24.7 Å². The number of aromatic nitrogens is 5. The Balaban J connectivity index is 1.76. The van der Waals surface area contributed by atoms with E-state index in [1.165, 1.54) is 36.3 Å². The van der Waals surface area contributed by atoms with Crippen LogP contribution in [0, 0.1) is 11.6 Å². The molecule has 0 aliphatic rings. The molecule has 8 heteroatoms. The van der Waals surface area contributed by atoms with Crippen LogP contribution in [0.15, 0.2) is 59.0 Å². The number of hydrogen-bond acceptors (Lipinski definition) is 5. The van der Waals surface area contributed by atoms with Gasteiger partial charge in [-0.1, -0.05) is 12.1 Å². The molecule has 0 atom stereocenters. The Morgan fingerprint density at radius 2 is 1.84 bits per heavy atom. The third kappa shape index (κ3) is 2.85. The predicted molar refractivity (Wildman–Crippen MR) is 90.0 cm³/mol. The highest BCUT2D eigenvalue weighted by Crippen LogP contribution is 2.32. The van der Waals surface area contributed by atoms with Crippen LogP contribution in [0.2, 0.25) is 0 Å². The quantitative estimate of drug-likeness (QED) is 0.523. The molecule has 4 rings (SSSR count). The highest BCUT2D eigenvalue weighted by atomic mass is 32.2. The molecule has 0 saturated heterocycles. The van der Waals surface area contributed by atoms with Gasteiger partial charge in [-0.2, -0.15) is 0 Å². The molecule has 0 bridgehead atoms. The van der Waals surface area contributed by atoms with Gasteiger partial charge in [-0.3, -0.25) is 0 Å². The van der Waals surface area contributed by atoms with Gasteiger partial charge in [0.15, 0.2) is 11.0 Å². The van der Waals surface area contributed by atoms with Crippen LogP contribution in [0.5, 0.6) is 0 Å². The van der Waals surface area contributed by atoms with Crippen molar-refractivity contribution < 1.29 is 8.78 Å². The summed E-state index contributed by atoms with van der Waals surface area (Å²) in [5.41, 5.74) is 0.998. The number of fused-ring (bicyclic) bond motifs is 1. The first-order chi connectivity index (χ1) is 12.1. The zero-order valence-electron chi connectivity index (χ0n) is 13.0. The van der Waals surface area contributed by atoms with Gasteiger partial charge in [-0.05, 0) is 42.1 Å². The average Bonchev–Trinajstić information content (AvgIpc) is 2.96. The van der Waals surface area contributed by atoms with E-state index in [0.717, 1.165) is 0 Å². The second-order valence-corrected chi connectivity index (χ2v) is 6.24. The minimum Gasteiger partial charge on any atom is -0.305 e. The summed E-state index contributed by atoms with van der Waals surface area (Å²) in [6, 6.07) is 10.7. The summed E-state index contributed by atoms with van der Waals surface area (Å²) in [6.45, 7) is 0. The normalized spacial score (nSPS) is 11.2. The van der Waals surface area contributed by atoms with Crippen LogP contribution in [0.25, 0.3) is 22.3 Å². The average molecular weight is 355 g/mol. The molecule has 4 aromatic rings. The molecule has 0 aliphatic carbocycles. The minimum absolute atomic E-state index is 0.364. The minimum atomic E-state index is -0.371. The Morgan fingerprint density at radius 3 is 2.68 bits per heavy atom. The van der Waals surface area contributed by atoms with Gasteiger partial charge in [0.1, 0.15) is 23.0 Å². The van der Waals surface area contributed by atoms with E-state index in [9.17, 15) is 8.78 Å². The first-order valence-electron chi connectivity index (χ1n) is 7.36. The van der Waals surface area contributed by atoms with E-state index in [0.29, 0.717) is 32.5 Å². The van der Waals surface area contributed by atoms with Gasteiger partial charge in [0.2, 0.25) is 0 Å². The monoisotopic (exact) mass is 355 g/mol. The third-order valence-electron chi connectivity index (χ3n) is 3.70. The molecule has 124 valence electrons. The maximum atomic E-state index is 14.0. The largest absolute Gasteiger partial charge is 0.305 e. The molecule has 0 aliphatic heterocycles. The van der Waals surface area contributed by atoms with Gasteiger partial charge in [-0.15, -0.1) is 10.2 Å². The molecule has 0 fully saturated rings. The summed E-state index contributed by atoms with van der Waals surface area (Å²) < 4.78 is 29.2. The summed E-state index contributed by atoms with van der Waals surface area (Å²) in [6.07, 6.45) is 1.41. The number of nitrogens with zero attached hydrogens (tertiary/aromatic N) is 5. The van der Waals surface area contributed by atoms with Crippen molar-refractivity contribution in [2.75, 3.05) is 0 Å². The smallest absolute Gasteiger partial charge is 0.197 e. The Labute approximate surface area is 145 Å². The second kappa shape index (κ2) is 6.21. The van der Waals surface area contributed by atoms with E-state index < -0.39 is 0 Å². The van der Waals surface area contributed by atoms with E-state index in [4.69, 9.17) is 0 Å². The van der Waals surface area contributed by atoms with Gasteiger partial charge in [-0.25, -0.2) is 18.7 Å². The summed E-state index contributed by atoms with van der Waals surface area (Å²) in [5.74, 6) is -0.330. The lowest BCUT2D eigenvalue weighted by atomic mass is 10.2. The fraction of sp³-hybridized carbons (Fsp3) is 0.0588. The zero-order chi connectivity index (χ0) is 17.4. The van der Waals surface area contributed by atoms with Gasteiger partial charge in [0, 0.05) is 12.4 Å². The summed E-state index contributed by atoms with van der Waals surface area (Å²) in [4.78, 5) is 8.34. The molecule has 2 heterocycles. The van der Waals surface area contributed by atoms with Gasteiger partial charge in [0.25, 0.3) is 0 Å². The second-order valence-electron chi connectivity index (χ2n) is 5.29. The van der Waals surface area contributed by atoms with Gasteiger partial charge >= 0.3 is 0 Å². The maximum Gasteiger partial charge on any atom is 0.197 e. The van der Waals surface area contributed by atoms with E-state index in [2.05, 4.69) is 20.2 Å². The van der Waals surface area contributed by atoms with Gasteiger partial charge in [0.05, 0.1) is 11.1 Å². The van der Waals surface area contributed by atoms with Crippen LogP contribution in [0.3, 0.4) is 0 Å². The number of benzene rings is 2. The van der Waals surface area contributed by atoms with E-state index in [-0.39, 0.29) is 11.6 Å². The molecule has 0 N–H and O–H groups in total. The van der Waals surface area contributed by atoms with Crippen LogP contribution in [-0.2, 0) is 7.05 Å². The lowest BCUT2D eigenvalue weighted by Gasteiger charge is -2.06. The standard InChI is InChI=1S/C17H11F2N5S/c1-24-15(11-4-2-3-5-13(11)19)22-23-17(24)25-16-12-8-10(18)6-7-14(12)20-9-21-16/h2-9H,1H3. The van der Waals surface area contributed by atoms with Crippen molar-refractivity contribution in [3.8, 4) is 11.4 Å². The first-order valence-corrected chi connectivity index (χ1v) is 8.17. The number of halogens is 2. The molecule has 0 radical (unpaired) electrons. The summed E-state index contributed by atoms with van der Waals surface area (Å²) in [5, 5.41) is 9.85. The zero-order valence-corrected chi connectivity index (χ0v) is 13.8. The highest BCUT2D eigenvalue weighted by Gasteiger charge is 2.16. The summed E-state index contributed by atoms with van der Waals surface area (Å²) in [7, 11) is 1.74. The number of rotatable bonds is 3. The fourth-order valence-electron chi connectivity index (χ4n) is 2.45. The molecule has 0 saturated carbocycles. The number of hydrogen-bond donors (Lipinski definition) is 0. The fourth-order valence-corrected chi connectivity index (χ4v) is 3.31. The highest BCUT2D eigenvalue weighted by molar-refractivity contribution is 7.99. The Bertz CT molecular complexity index is 1080. The van der Waals surface area contributed by atoms with E-state index in [1.807, 2.05) is 0 Å². The van der Waals surface area contributed by atoms with Crippen LogP contribution in [-0.4, -0.2) is 24.7 Å².